The summed E-state index contributed by atoms with van der Waals surface area (Å²) in [5.74, 6) is 0. The van der Waals surface area contributed by atoms with E-state index in [1.54, 1.807) is 13.0 Å². The molecule has 0 N–H and O–H groups in total. The molecule has 0 heterocycles. The Kier molecular flexibility index (Phi) is 4.60. The molecule has 4 nitrogen and oxygen atoms in total. The maximum absolute atomic E-state index is 9.99. The Balaban J connectivity index is 4.54. The van der Waals surface area contributed by atoms with Gasteiger partial charge in [0.05, 0.1) is 6.04 Å². The molecule has 1 atom stereocenters. The maximum Gasteiger partial charge on any atom is 0.239 e. The molecule has 0 aromatic heterocycles. The van der Waals surface area contributed by atoms with Crippen molar-refractivity contribution in [1.29, 1.82) is 0 Å². The highest BCUT2D eigenvalue weighted by Gasteiger charge is 2.22. The fourth-order valence-corrected chi connectivity index (χ4v) is 0.644. The quantitative estimate of drug-likeness (QED) is 0.487. The molecular weight excluding hydrogens is 168 g/mol. The second-order valence-electron chi connectivity index (χ2n) is 3.25. The van der Waals surface area contributed by atoms with E-state index in [1.807, 2.05) is 13.8 Å². The molecule has 0 spiro atoms. The zero-order chi connectivity index (χ0) is 10.3. The van der Waals surface area contributed by atoms with Gasteiger partial charge < -0.3 is 0 Å². The first-order valence-corrected chi connectivity index (χ1v) is 3.86. The average Bonchev–Trinajstić information content (AvgIpc) is 2.05. The van der Waals surface area contributed by atoms with E-state index >= 15 is 0 Å². The van der Waals surface area contributed by atoms with Crippen LogP contribution in [0.25, 0.3) is 0 Å². The van der Waals surface area contributed by atoms with Crippen LogP contribution in [0.2, 0.25) is 0 Å². The highest BCUT2D eigenvalue weighted by Crippen LogP contribution is 2.24. The van der Waals surface area contributed by atoms with Gasteiger partial charge in [-0.3, -0.25) is 0 Å². The van der Waals surface area contributed by atoms with Crippen LogP contribution in [-0.4, -0.2) is 18.2 Å². The summed E-state index contributed by atoms with van der Waals surface area (Å²) < 4.78 is 0. The van der Waals surface area contributed by atoms with Gasteiger partial charge in [0.1, 0.15) is 0 Å². The molecule has 4 heteroatoms. The van der Waals surface area contributed by atoms with E-state index in [2.05, 4.69) is 9.98 Å². The van der Waals surface area contributed by atoms with E-state index in [4.69, 9.17) is 0 Å². The van der Waals surface area contributed by atoms with Crippen LogP contribution in [0, 0.1) is 5.41 Å². The molecule has 0 saturated carbocycles. The molecule has 0 saturated heterocycles. The van der Waals surface area contributed by atoms with Crippen LogP contribution in [0.4, 0.5) is 0 Å². The fourth-order valence-electron chi connectivity index (χ4n) is 0.644. The van der Waals surface area contributed by atoms with Gasteiger partial charge in [-0.15, -0.1) is 0 Å². The molecule has 0 unspecified atom stereocenters. The van der Waals surface area contributed by atoms with Crippen molar-refractivity contribution < 1.29 is 9.59 Å². The van der Waals surface area contributed by atoms with Gasteiger partial charge in [-0.25, -0.2) is 14.6 Å². The molecule has 0 aliphatic heterocycles. The number of aliphatic imine (C=N–C) groups is 2. The van der Waals surface area contributed by atoms with Crippen molar-refractivity contribution in [2.75, 3.05) is 0 Å². The molecule has 70 valence electrons. The molecule has 0 radical (unpaired) electrons. The molecule has 0 bridgehead atoms. The van der Waals surface area contributed by atoms with Gasteiger partial charge in [-0.05, 0) is 6.92 Å². The van der Waals surface area contributed by atoms with Gasteiger partial charge in [0.25, 0.3) is 0 Å². The van der Waals surface area contributed by atoms with E-state index in [1.165, 1.54) is 18.4 Å². The van der Waals surface area contributed by atoms with Crippen molar-refractivity contribution in [1.82, 2.24) is 0 Å². The third-order valence-electron chi connectivity index (χ3n) is 1.95. The lowest BCUT2D eigenvalue weighted by Crippen LogP contribution is -2.22. The summed E-state index contributed by atoms with van der Waals surface area (Å²) in [6.45, 7) is 5.56. The Labute approximate surface area is 77.1 Å². The minimum atomic E-state index is -0.322. The molecule has 0 aromatic rings. The Bertz CT molecular complexity index is 282. The number of rotatable bonds is 4. The van der Waals surface area contributed by atoms with Gasteiger partial charge >= 0.3 is 0 Å². The number of carbonyl (C=O) groups excluding carboxylic acids is 2. The summed E-state index contributed by atoms with van der Waals surface area (Å²) in [4.78, 5) is 26.6. The van der Waals surface area contributed by atoms with Crippen molar-refractivity contribution >= 4 is 12.2 Å². The van der Waals surface area contributed by atoms with Crippen LogP contribution in [0.15, 0.2) is 22.3 Å². The van der Waals surface area contributed by atoms with Crippen molar-refractivity contribution in [3.8, 4) is 0 Å². The third-order valence-corrected chi connectivity index (χ3v) is 1.95. The summed E-state index contributed by atoms with van der Waals surface area (Å²) in [6.07, 6.45) is 5.94. The van der Waals surface area contributed by atoms with E-state index in [0.717, 1.165) is 0 Å². The zero-order valence-electron chi connectivity index (χ0n) is 7.94. The number of hydrogen-bond donors (Lipinski definition) is 0. The average molecular weight is 180 g/mol. The normalized spacial score (nSPS) is 13.2. The van der Waals surface area contributed by atoms with E-state index in [-0.39, 0.29) is 11.5 Å². The molecule has 0 aliphatic carbocycles. The molecule has 0 aromatic carbocycles. The van der Waals surface area contributed by atoms with Gasteiger partial charge in [-0.2, -0.15) is 4.99 Å². The topological polar surface area (TPSA) is 58.9 Å². The zero-order valence-corrected chi connectivity index (χ0v) is 7.94. The second kappa shape index (κ2) is 5.20. The standard InChI is InChI=1S/C9H12N2O2/c1-8(11-7-13)9(2,3)4-5-10-6-12/h4-5,8H,1-3H3/b5-4+/t8-/m1/s1. The summed E-state index contributed by atoms with van der Waals surface area (Å²) in [5, 5.41) is 0. The predicted octanol–water partition coefficient (Wildman–Crippen LogP) is 1.59. The van der Waals surface area contributed by atoms with Crippen LogP contribution < -0.4 is 0 Å². The predicted molar refractivity (Wildman–Crippen MR) is 48.6 cm³/mol. The lowest BCUT2D eigenvalue weighted by molar-refractivity contribution is 0.393. The minimum absolute atomic E-state index is 0.192. The summed E-state index contributed by atoms with van der Waals surface area (Å²) >= 11 is 0. The summed E-state index contributed by atoms with van der Waals surface area (Å²) in [6, 6.07) is -0.192. The van der Waals surface area contributed by atoms with E-state index < -0.39 is 0 Å². The third kappa shape index (κ3) is 4.16. The molecule has 0 aliphatic rings. The Morgan fingerprint density at radius 1 is 1.31 bits per heavy atom. The highest BCUT2D eigenvalue weighted by molar-refractivity contribution is 5.35. The Hall–Kier alpha value is -1.50. The van der Waals surface area contributed by atoms with Gasteiger partial charge in [-0.1, -0.05) is 19.9 Å². The van der Waals surface area contributed by atoms with Crippen LogP contribution in [0.1, 0.15) is 20.8 Å². The van der Waals surface area contributed by atoms with Crippen molar-refractivity contribution in [2.45, 2.75) is 26.8 Å². The molecule has 0 amide bonds. The van der Waals surface area contributed by atoms with Crippen molar-refractivity contribution in [3.05, 3.63) is 12.3 Å². The van der Waals surface area contributed by atoms with Crippen molar-refractivity contribution in [3.63, 3.8) is 0 Å². The van der Waals surface area contributed by atoms with Gasteiger partial charge in [0.15, 0.2) is 0 Å². The monoisotopic (exact) mass is 180 g/mol. The molecular formula is C9H12N2O2. The Morgan fingerprint density at radius 2 is 1.92 bits per heavy atom. The summed E-state index contributed by atoms with van der Waals surface area (Å²) in [5.41, 5.74) is -0.322. The largest absolute Gasteiger partial charge is 0.239 e. The second-order valence-corrected chi connectivity index (χ2v) is 3.25. The summed E-state index contributed by atoms with van der Waals surface area (Å²) in [7, 11) is 0. The smallest absolute Gasteiger partial charge is 0.211 e. The van der Waals surface area contributed by atoms with Gasteiger partial charge in [0, 0.05) is 11.6 Å². The van der Waals surface area contributed by atoms with Crippen LogP contribution in [-0.2, 0) is 9.59 Å². The van der Waals surface area contributed by atoms with E-state index in [9.17, 15) is 9.59 Å². The van der Waals surface area contributed by atoms with E-state index in [0.29, 0.717) is 0 Å². The first kappa shape index (κ1) is 11.5. The van der Waals surface area contributed by atoms with Gasteiger partial charge in [0.2, 0.25) is 12.2 Å². The molecule has 13 heavy (non-hydrogen) atoms. The van der Waals surface area contributed by atoms with Crippen LogP contribution >= 0.6 is 0 Å². The first-order valence-electron chi connectivity index (χ1n) is 3.86. The first-order chi connectivity index (χ1) is 6.04. The Morgan fingerprint density at radius 3 is 2.38 bits per heavy atom. The van der Waals surface area contributed by atoms with Crippen LogP contribution in [0.5, 0.6) is 0 Å². The molecule has 0 rings (SSSR count). The number of nitrogens with zero attached hydrogens (tertiary/aromatic N) is 2. The van der Waals surface area contributed by atoms with Crippen molar-refractivity contribution in [2.24, 2.45) is 15.4 Å². The lowest BCUT2D eigenvalue weighted by Gasteiger charge is -2.23. The number of isocyanates is 2. The lowest BCUT2D eigenvalue weighted by atomic mass is 9.86. The SMILES string of the molecule is C[C@@H](N=C=O)C(C)(C)/C=C/N=C=O. The highest BCUT2D eigenvalue weighted by atomic mass is 16.1. The molecule has 0 fully saturated rings. The van der Waals surface area contributed by atoms with Crippen LogP contribution in [0.3, 0.4) is 0 Å². The fraction of sp³-hybridized carbons (Fsp3) is 0.556. The number of hydrogen-bond acceptors (Lipinski definition) is 4. The minimum Gasteiger partial charge on any atom is -0.211 e. The maximum atomic E-state index is 9.99.